The summed E-state index contributed by atoms with van der Waals surface area (Å²) >= 11 is 0. The van der Waals surface area contributed by atoms with Gasteiger partial charge < -0.3 is 15.8 Å². The number of nitrogens with zero attached hydrogens (tertiary/aromatic N) is 4. The van der Waals surface area contributed by atoms with Crippen molar-refractivity contribution in [1.29, 1.82) is 0 Å². The molecule has 1 aromatic heterocycles. The van der Waals surface area contributed by atoms with Crippen LogP contribution in [0.3, 0.4) is 0 Å². The minimum atomic E-state index is 0.0891. The molecule has 0 atom stereocenters. The van der Waals surface area contributed by atoms with Gasteiger partial charge in [-0.05, 0) is 30.3 Å². The Kier molecular flexibility index (Phi) is 3.38. The highest BCUT2D eigenvalue weighted by Crippen LogP contribution is 2.20. The van der Waals surface area contributed by atoms with Gasteiger partial charge in [-0.3, -0.25) is 0 Å². The smallest absolute Gasteiger partial charge is 0.170 e. The zero-order chi connectivity index (χ0) is 13.0. The lowest BCUT2D eigenvalue weighted by molar-refractivity contribution is 0.318. The first-order valence-corrected chi connectivity index (χ1v) is 5.30. The Labute approximate surface area is 104 Å². The first-order chi connectivity index (χ1) is 8.72. The number of hydrogen-bond donors (Lipinski definition) is 2. The summed E-state index contributed by atoms with van der Waals surface area (Å²) in [6.45, 7) is 0. The van der Waals surface area contributed by atoms with Crippen molar-refractivity contribution in [3.8, 4) is 0 Å². The SMILES string of the molecule is CN(c1ccc(C(N)=NO)cc1)c1ccncn1. The van der Waals surface area contributed by atoms with Gasteiger partial charge in [0.05, 0.1) is 0 Å². The molecule has 6 heteroatoms. The summed E-state index contributed by atoms with van der Waals surface area (Å²) < 4.78 is 0. The van der Waals surface area contributed by atoms with Crippen LogP contribution in [0.1, 0.15) is 5.56 Å². The van der Waals surface area contributed by atoms with Crippen molar-refractivity contribution in [2.24, 2.45) is 10.9 Å². The van der Waals surface area contributed by atoms with Crippen molar-refractivity contribution in [3.63, 3.8) is 0 Å². The molecule has 6 nitrogen and oxygen atoms in total. The minimum absolute atomic E-state index is 0.0891. The zero-order valence-electron chi connectivity index (χ0n) is 9.85. The average Bonchev–Trinajstić information content (AvgIpc) is 2.47. The minimum Gasteiger partial charge on any atom is -0.409 e. The second-order valence-corrected chi connectivity index (χ2v) is 3.66. The number of hydrogen-bond acceptors (Lipinski definition) is 5. The van der Waals surface area contributed by atoms with Crippen molar-refractivity contribution in [3.05, 3.63) is 48.4 Å². The second kappa shape index (κ2) is 5.13. The number of nitrogens with two attached hydrogens (primary N) is 1. The van der Waals surface area contributed by atoms with Crippen LogP contribution in [0.4, 0.5) is 11.5 Å². The molecular formula is C12H13N5O. The number of benzene rings is 1. The van der Waals surface area contributed by atoms with Crippen LogP contribution in [0.5, 0.6) is 0 Å². The molecule has 2 aromatic rings. The molecule has 3 N–H and O–H groups in total. The van der Waals surface area contributed by atoms with Crippen LogP contribution in [-0.4, -0.2) is 28.1 Å². The van der Waals surface area contributed by atoms with Gasteiger partial charge in [0, 0.05) is 24.5 Å². The van der Waals surface area contributed by atoms with E-state index in [9.17, 15) is 0 Å². The van der Waals surface area contributed by atoms with Crippen LogP contribution < -0.4 is 10.6 Å². The van der Waals surface area contributed by atoms with Crippen LogP contribution in [0.25, 0.3) is 0 Å². The lowest BCUT2D eigenvalue weighted by atomic mass is 10.2. The number of rotatable bonds is 3. The molecule has 1 heterocycles. The molecule has 0 unspecified atom stereocenters. The van der Waals surface area contributed by atoms with E-state index in [2.05, 4.69) is 15.1 Å². The van der Waals surface area contributed by atoms with E-state index in [1.165, 1.54) is 6.33 Å². The lowest BCUT2D eigenvalue weighted by Gasteiger charge is -2.17. The molecular weight excluding hydrogens is 230 g/mol. The molecule has 0 aliphatic rings. The van der Waals surface area contributed by atoms with Gasteiger partial charge in [0.2, 0.25) is 0 Å². The maximum absolute atomic E-state index is 8.58. The molecule has 0 aliphatic carbocycles. The van der Waals surface area contributed by atoms with Crippen molar-refractivity contribution in [1.82, 2.24) is 9.97 Å². The summed E-state index contributed by atoms with van der Waals surface area (Å²) in [6, 6.07) is 9.12. The van der Waals surface area contributed by atoms with E-state index in [4.69, 9.17) is 10.9 Å². The molecule has 1 aromatic carbocycles. The van der Waals surface area contributed by atoms with E-state index in [0.717, 1.165) is 11.5 Å². The molecule has 0 aliphatic heterocycles. The van der Waals surface area contributed by atoms with Gasteiger partial charge in [0.1, 0.15) is 12.1 Å². The fourth-order valence-electron chi connectivity index (χ4n) is 1.53. The van der Waals surface area contributed by atoms with E-state index < -0.39 is 0 Å². The average molecular weight is 243 g/mol. The van der Waals surface area contributed by atoms with E-state index in [0.29, 0.717) is 5.56 Å². The molecule has 0 saturated heterocycles. The number of oxime groups is 1. The summed E-state index contributed by atoms with van der Waals surface area (Å²) in [5, 5.41) is 11.5. The second-order valence-electron chi connectivity index (χ2n) is 3.66. The number of aromatic nitrogens is 2. The van der Waals surface area contributed by atoms with E-state index in [1.54, 1.807) is 18.3 Å². The predicted molar refractivity (Wildman–Crippen MR) is 69.0 cm³/mol. The highest BCUT2D eigenvalue weighted by molar-refractivity contribution is 5.97. The Morgan fingerprint density at radius 2 is 2.00 bits per heavy atom. The summed E-state index contributed by atoms with van der Waals surface area (Å²) in [7, 11) is 1.90. The maximum Gasteiger partial charge on any atom is 0.170 e. The van der Waals surface area contributed by atoms with Gasteiger partial charge in [0.25, 0.3) is 0 Å². The van der Waals surface area contributed by atoms with Crippen LogP contribution in [-0.2, 0) is 0 Å². The number of anilines is 2. The van der Waals surface area contributed by atoms with Gasteiger partial charge in [-0.25, -0.2) is 9.97 Å². The third-order valence-electron chi connectivity index (χ3n) is 2.57. The van der Waals surface area contributed by atoms with Crippen molar-refractivity contribution >= 4 is 17.3 Å². The quantitative estimate of drug-likeness (QED) is 0.367. The van der Waals surface area contributed by atoms with Gasteiger partial charge in [-0.1, -0.05) is 5.16 Å². The molecule has 0 bridgehead atoms. The van der Waals surface area contributed by atoms with Crippen LogP contribution in [0.15, 0.2) is 48.0 Å². The lowest BCUT2D eigenvalue weighted by Crippen LogP contribution is -2.14. The summed E-state index contributed by atoms with van der Waals surface area (Å²) in [5.74, 6) is 0.882. The Balaban J connectivity index is 2.25. The topological polar surface area (TPSA) is 87.6 Å². The molecule has 18 heavy (non-hydrogen) atoms. The van der Waals surface area contributed by atoms with Crippen molar-refractivity contribution in [2.75, 3.05) is 11.9 Å². The molecule has 0 radical (unpaired) electrons. The molecule has 0 amide bonds. The van der Waals surface area contributed by atoms with E-state index in [-0.39, 0.29) is 5.84 Å². The predicted octanol–water partition coefficient (Wildman–Crippen LogP) is 1.34. The van der Waals surface area contributed by atoms with Gasteiger partial charge in [-0.15, -0.1) is 0 Å². The molecule has 0 spiro atoms. The van der Waals surface area contributed by atoms with Crippen molar-refractivity contribution < 1.29 is 5.21 Å². The van der Waals surface area contributed by atoms with Crippen LogP contribution in [0.2, 0.25) is 0 Å². The highest BCUT2D eigenvalue weighted by Gasteiger charge is 2.05. The van der Waals surface area contributed by atoms with E-state index in [1.807, 2.05) is 30.1 Å². The highest BCUT2D eigenvalue weighted by atomic mass is 16.4. The van der Waals surface area contributed by atoms with Gasteiger partial charge in [-0.2, -0.15) is 0 Å². The Hall–Kier alpha value is -2.63. The molecule has 0 saturated carbocycles. The van der Waals surface area contributed by atoms with Crippen LogP contribution in [0, 0.1) is 0 Å². The maximum atomic E-state index is 8.58. The Bertz CT molecular complexity index is 538. The summed E-state index contributed by atoms with van der Waals surface area (Å²) in [4.78, 5) is 9.94. The molecule has 0 fully saturated rings. The summed E-state index contributed by atoms with van der Waals surface area (Å²) in [5.41, 5.74) is 7.11. The van der Waals surface area contributed by atoms with E-state index >= 15 is 0 Å². The third kappa shape index (κ3) is 2.37. The fourth-order valence-corrected chi connectivity index (χ4v) is 1.53. The molecule has 92 valence electrons. The molecule has 2 rings (SSSR count). The first kappa shape index (κ1) is 11.8. The third-order valence-corrected chi connectivity index (χ3v) is 2.57. The first-order valence-electron chi connectivity index (χ1n) is 5.30. The monoisotopic (exact) mass is 243 g/mol. The largest absolute Gasteiger partial charge is 0.409 e. The van der Waals surface area contributed by atoms with Crippen molar-refractivity contribution in [2.45, 2.75) is 0 Å². The normalized spacial score (nSPS) is 11.3. The Morgan fingerprint density at radius 1 is 1.28 bits per heavy atom. The standard InChI is InChI=1S/C12H13N5O/c1-17(11-6-7-14-8-15-11)10-4-2-9(3-5-10)12(13)16-18/h2-8,18H,1H3,(H2,13,16). The fraction of sp³-hybridized carbons (Fsp3) is 0.0833. The van der Waals surface area contributed by atoms with Gasteiger partial charge >= 0.3 is 0 Å². The van der Waals surface area contributed by atoms with Crippen LogP contribution >= 0.6 is 0 Å². The zero-order valence-corrected chi connectivity index (χ0v) is 9.85. The summed E-state index contributed by atoms with van der Waals surface area (Å²) in [6.07, 6.45) is 3.18. The Morgan fingerprint density at radius 3 is 2.56 bits per heavy atom. The number of amidine groups is 1. The van der Waals surface area contributed by atoms with Gasteiger partial charge in [0.15, 0.2) is 5.84 Å².